The van der Waals surface area contributed by atoms with Crippen LogP contribution < -0.4 is 20.9 Å². The van der Waals surface area contributed by atoms with E-state index in [1.165, 1.54) is 38.5 Å². The molecular weight excluding hydrogens is 523 g/mol. The Labute approximate surface area is 234 Å². The summed E-state index contributed by atoms with van der Waals surface area (Å²) in [7, 11) is 0. The minimum absolute atomic E-state index is 0.119. The van der Waals surface area contributed by atoms with Gasteiger partial charge in [0, 0.05) is 24.2 Å². The highest BCUT2D eigenvalue weighted by molar-refractivity contribution is 6.35. The molecule has 3 aliphatic rings. The van der Waals surface area contributed by atoms with Gasteiger partial charge in [0.25, 0.3) is 0 Å². The zero-order chi connectivity index (χ0) is 26.5. The molecule has 2 aromatic carbocycles. The maximum Gasteiger partial charge on any atom is 0.211 e. The molecule has 0 aromatic heterocycles. The van der Waals surface area contributed by atoms with E-state index in [1.807, 2.05) is 24.3 Å². The third-order valence-electron chi connectivity index (χ3n) is 7.44. The number of hydrogen-bond donors (Lipinski definition) is 2. The lowest BCUT2D eigenvalue weighted by Gasteiger charge is -2.26. The van der Waals surface area contributed by atoms with Crippen LogP contribution in [0.2, 0.25) is 10.0 Å². The molecule has 0 saturated carbocycles. The molecule has 0 atom stereocenters. The van der Waals surface area contributed by atoms with Gasteiger partial charge in [0.1, 0.15) is 30.4 Å². The van der Waals surface area contributed by atoms with E-state index in [9.17, 15) is 0 Å². The van der Waals surface area contributed by atoms with Crippen molar-refractivity contribution >= 4 is 34.9 Å². The first-order valence-corrected chi connectivity index (χ1v) is 14.3. The Morgan fingerprint density at radius 2 is 1.13 bits per heavy atom. The molecule has 0 bridgehead atoms. The van der Waals surface area contributed by atoms with Crippen molar-refractivity contribution in [2.45, 2.75) is 38.5 Å². The molecule has 2 saturated heterocycles. The predicted molar refractivity (Wildman–Crippen MR) is 155 cm³/mol. The van der Waals surface area contributed by atoms with E-state index >= 15 is 0 Å². The number of rotatable bonds is 9. The average molecular weight is 560 g/mol. The number of fused-ring (bicyclic) bond motifs is 3. The molecule has 2 aliphatic heterocycles. The first-order valence-electron chi connectivity index (χ1n) is 13.5. The lowest BCUT2D eigenvalue weighted by molar-refractivity contribution is 0.183. The fraction of sp³-hybridized carbons (Fsp3) is 0.500. The Balaban J connectivity index is 1.37. The summed E-state index contributed by atoms with van der Waals surface area (Å²) in [5.41, 5.74) is 15.3. The van der Waals surface area contributed by atoms with Crippen molar-refractivity contribution in [2.24, 2.45) is 21.7 Å². The number of piperidine rings is 2. The van der Waals surface area contributed by atoms with Crippen molar-refractivity contribution in [3.8, 4) is 22.6 Å². The first-order chi connectivity index (χ1) is 18.5. The van der Waals surface area contributed by atoms with Crippen LogP contribution >= 0.6 is 23.2 Å². The van der Waals surface area contributed by atoms with Gasteiger partial charge < -0.3 is 20.9 Å². The van der Waals surface area contributed by atoms with Crippen LogP contribution in [0.1, 0.15) is 49.7 Å². The van der Waals surface area contributed by atoms with E-state index in [-0.39, 0.29) is 5.96 Å². The number of nitrogens with zero attached hydrogens (tertiary/aromatic N) is 4. The summed E-state index contributed by atoms with van der Waals surface area (Å²) < 4.78 is 12.3. The molecule has 0 radical (unpaired) electrons. The van der Waals surface area contributed by atoms with Crippen molar-refractivity contribution in [1.82, 2.24) is 9.80 Å². The van der Waals surface area contributed by atoms with Gasteiger partial charge in [-0.2, -0.15) is 0 Å². The summed E-state index contributed by atoms with van der Waals surface area (Å²) in [4.78, 5) is 4.86. The van der Waals surface area contributed by atoms with Crippen LogP contribution in [0.3, 0.4) is 0 Å². The third-order valence-corrected chi connectivity index (χ3v) is 8.03. The van der Waals surface area contributed by atoms with Crippen LogP contribution in [0.5, 0.6) is 11.5 Å². The average Bonchev–Trinajstić information content (AvgIpc) is 3.20. The Morgan fingerprint density at radius 1 is 0.684 bits per heavy atom. The summed E-state index contributed by atoms with van der Waals surface area (Å²) in [6.07, 6.45) is 7.59. The fourth-order valence-corrected chi connectivity index (χ4v) is 5.90. The molecule has 0 spiro atoms. The van der Waals surface area contributed by atoms with Crippen molar-refractivity contribution in [2.75, 3.05) is 52.5 Å². The minimum atomic E-state index is -0.119. The molecule has 10 heteroatoms. The Bertz CT molecular complexity index is 1120. The number of nitrogens with two attached hydrogens (primary N) is 2. The molecular formula is C28H36Cl2N6O2. The molecule has 2 heterocycles. The van der Waals surface area contributed by atoms with Crippen molar-refractivity contribution in [1.29, 1.82) is 0 Å². The van der Waals surface area contributed by atoms with Gasteiger partial charge >= 0.3 is 0 Å². The number of hydrogen-bond acceptors (Lipinski definition) is 6. The number of likely N-dealkylation sites (tertiary alicyclic amines) is 2. The number of benzene rings is 2. The van der Waals surface area contributed by atoms with Gasteiger partial charge in [-0.15, -0.1) is 10.2 Å². The summed E-state index contributed by atoms with van der Waals surface area (Å²) in [5, 5.41) is 9.42. The van der Waals surface area contributed by atoms with Gasteiger partial charge in [-0.25, -0.2) is 0 Å². The van der Waals surface area contributed by atoms with Crippen LogP contribution in [0.25, 0.3) is 11.1 Å². The second kappa shape index (κ2) is 12.6. The van der Waals surface area contributed by atoms with E-state index in [0.717, 1.165) is 61.5 Å². The second-order valence-corrected chi connectivity index (χ2v) is 10.9. The molecule has 2 aromatic rings. The Hall–Kier alpha value is -2.52. The van der Waals surface area contributed by atoms with Crippen molar-refractivity contribution < 1.29 is 9.47 Å². The molecule has 204 valence electrons. The highest BCUT2D eigenvalue weighted by Gasteiger charge is 2.29. The standard InChI is InChI=1S/C28H36Cl2N6O2/c29-23-15-19-20-16-24(30)26(38-14-12-36-9-5-2-6-10-36)18-22(20)27(33-34-28(31)32)21(19)17-25(23)37-13-11-35-7-3-1-4-8-35/h15-18H,1-14H2,(H4,31,32,34). The van der Waals surface area contributed by atoms with Gasteiger partial charge in [0.2, 0.25) is 5.96 Å². The summed E-state index contributed by atoms with van der Waals surface area (Å²) in [5.74, 6) is 1.10. The molecule has 5 rings (SSSR count). The monoisotopic (exact) mass is 558 g/mol. The van der Waals surface area contributed by atoms with Gasteiger partial charge in [-0.1, -0.05) is 36.0 Å². The van der Waals surface area contributed by atoms with Gasteiger partial charge in [0.05, 0.1) is 10.0 Å². The normalized spacial score (nSPS) is 17.6. The first kappa shape index (κ1) is 27.1. The van der Waals surface area contributed by atoms with Crippen LogP contribution in [-0.2, 0) is 0 Å². The maximum atomic E-state index is 6.68. The van der Waals surface area contributed by atoms with E-state index in [2.05, 4.69) is 20.0 Å². The van der Waals surface area contributed by atoms with E-state index in [4.69, 9.17) is 44.1 Å². The van der Waals surface area contributed by atoms with Crippen molar-refractivity contribution in [3.63, 3.8) is 0 Å². The molecule has 8 nitrogen and oxygen atoms in total. The Kier molecular flexibility index (Phi) is 8.94. The van der Waals surface area contributed by atoms with Crippen LogP contribution in [0.4, 0.5) is 0 Å². The van der Waals surface area contributed by atoms with Crippen LogP contribution in [0.15, 0.2) is 34.5 Å². The lowest BCUT2D eigenvalue weighted by atomic mass is 10.1. The van der Waals surface area contributed by atoms with E-state index in [0.29, 0.717) is 40.5 Å². The largest absolute Gasteiger partial charge is 0.491 e. The van der Waals surface area contributed by atoms with Crippen molar-refractivity contribution in [3.05, 3.63) is 45.4 Å². The van der Waals surface area contributed by atoms with E-state index in [1.54, 1.807) is 0 Å². The molecule has 38 heavy (non-hydrogen) atoms. The molecule has 0 amide bonds. The topological polar surface area (TPSA) is 102 Å². The number of halogens is 2. The van der Waals surface area contributed by atoms with Gasteiger partial charge in [0.15, 0.2) is 0 Å². The minimum Gasteiger partial charge on any atom is -0.491 e. The van der Waals surface area contributed by atoms with Crippen LogP contribution in [0, 0.1) is 0 Å². The smallest absolute Gasteiger partial charge is 0.211 e. The zero-order valence-corrected chi connectivity index (χ0v) is 23.2. The van der Waals surface area contributed by atoms with Crippen LogP contribution in [-0.4, -0.2) is 74.0 Å². The second-order valence-electron chi connectivity index (χ2n) is 10.1. The third kappa shape index (κ3) is 6.37. The summed E-state index contributed by atoms with van der Waals surface area (Å²) >= 11 is 13.4. The highest BCUT2D eigenvalue weighted by Crippen LogP contribution is 2.45. The lowest BCUT2D eigenvalue weighted by Crippen LogP contribution is -2.33. The fourth-order valence-electron chi connectivity index (χ4n) is 5.46. The molecule has 0 unspecified atom stereocenters. The zero-order valence-electron chi connectivity index (χ0n) is 21.7. The van der Waals surface area contributed by atoms with Gasteiger partial charge in [-0.05, 0) is 87.3 Å². The molecule has 2 fully saturated rings. The molecule has 4 N–H and O–H groups in total. The predicted octanol–water partition coefficient (Wildman–Crippen LogP) is 4.73. The van der Waals surface area contributed by atoms with E-state index < -0.39 is 0 Å². The Morgan fingerprint density at radius 3 is 1.55 bits per heavy atom. The summed E-state index contributed by atoms with van der Waals surface area (Å²) in [6.45, 7) is 7.35. The van der Waals surface area contributed by atoms with Gasteiger partial charge in [-0.3, -0.25) is 9.80 Å². The molecule has 1 aliphatic carbocycles. The summed E-state index contributed by atoms with van der Waals surface area (Å²) in [6, 6.07) is 7.63. The number of ether oxygens (including phenoxy) is 2. The quantitative estimate of drug-likeness (QED) is 0.223. The maximum absolute atomic E-state index is 6.68. The highest BCUT2D eigenvalue weighted by atomic mass is 35.5. The SMILES string of the molecule is NC(N)=NN=C1c2cc(OCCN3CCCCC3)c(Cl)cc2-c2cc(Cl)c(OCCN3CCCCC3)cc21. The number of guanidine groups is 1.